The number of carbonyl (C=O) groups excluding carboxylic acids is 1. The number of aromatic nitrogens is 2. The molecule has 2 saturated carbocycles. The summed E-state index contributed by atoms with van der Waals surface area (Å²) < 4.78 is 7.13. The van der Waals surface area contributed by atoms with E-state index in [2.05, 4.69) is 18.2 Å². The fraction of sp³-hybridized carbons (Fsp3) is 0.577. The zero-order valence-corrected chi connectivity index (χ0v) is 19.7. The van der Waals surface area contributed by atoms with Crippen LogP contribution in [0, 0.1) is 5.92 Å². The number of benzene rings is 1. The van der Waals surface area contributed by atoms with Gasteiger partial charge in [0.2, 0.25) is 0 Å². The number of esters is 1. The van der Waals surface area contributed by atoms with Gasteiger partial charge in [-0.1, -0.05) is 61.7 Å². The molecule has 2 fully saturated rings. The van der Waals surface area contributed by atoms with Crippen molar-refractivity contribution in [1.29, 1.82) is 0 Å². The van der Waals surface area contributed by atoms with E-state index in [4.69, 9.17) is 9.72 Å². The molecule has 0 amide bonds. The van der Waals surface area contributed by atoms with E-state index in [1.165, 1.54) is 61.4 Å². The molecule has 1 spiro atoms. The van der Waals surface area contributed by atoms with Crippen LogP contribution in [0.3, 0.4) is 0 Å². The average molecular weight is 453 g/mol. The zero-order valence-electron chi connectivity index (χ0n) is 18.9. The number of rotatable bonds is 6. The molecule has 0 saturated heterocycles. The molecule has 32 heavy (non-hydrogen) atoms. The molecule has 1 aromatic heterocycles. The van der Waals surface area contributed by atoms with Crippen LogP contribution in [0.15, 0.2) is 34.1 Å². The molecule has 0 radical (unpaired) electrons. The van der Waals surface area contributed by atoms with Gasteiger partial charge in [-0.15, -0.1) is 0 Å². The summed E-state index contributed by atoms with van der Waals surface area (Å²) in [6.45, 7) is 2.92. The normalized spacial score (nSPS) is 19.2. The van der Waals surface area contributed by atoms with E-state index in [1.54, 1.807) is 0 Å². The third-order valence-corrected chi connectivity index (χ3v) is 8.65. The minimum absolute atomic E-state index is 0.0127. The molecule has 0 atom stereocenters. The maximum Gasteiger partial charge on any atom is 0.349 e. The molecule has 3 aliphatic carbocycles. The lowest BCUT2D eigenvalue weighted by Crippen LogP contribution is -2.37. The van der Waals surface area contributed by atoms with Gasteiger partial charge >= 0.3 is 11.7 Å². The predicted octanol–water partition coefficient (Wildman–Crippen LogP) is 5.12. The summed E-state index contributed by atoms with van der Waals surface area (Å²) in [7, 11) is 0. The van der Waals surface area contributed by atoms with Crippen molar-refractivity contribution in [2.45, 2.75) is 81.7 Å². The first-order valence-corrected chi connectivity index (χ1v) is 13.1. The molecule has 3 aliphatic rings. The highest BCUT2D eigenvalue weighted by atomic mass is 32.2. The van der Waals surface area contributed by atoms with Crippen LogP contribution < -0.4 is 5.69 Å². The minimum atomic E-state index is -0.223. The molecule has 170 valence electrons. The van der Waals surface area contributed by atoms with Crippen molar-refractivity contribution >= 4 is 17.7 Å². The quantitative estimate of drug-likeness (QED) is 0.346. The topological polar surface area (TPSA) is 61.2 Å². The molecule has 0 N–H and O–H groups in total. The number of nitrogens with zero attached hydrogens (tertiary/aromatic N) is 2. The first kappa shape index (κ1) is 21.7. The summed E-state index contributed by atoms with van der Waals surface area (Å²) in [5, 5.41) is 0.969. The first-order chi connectivity index (χ1) is 15.6. The van der Waals surface area contributed by atoms with E-state index in [-0.39, 0.29) is 22.8 Å². The molecule has 5 nitrogen and oxygen atoms in total. The Morgan fingerprint density at radius 3 is 2.69 bits per heavy atom. The lowest BCUT2D eigenvalue weighted by Gasteiger charge is -2.38. The maximum atomic E-state index is 13.4. The van der Waals surface area contributed by atoms with Crippen molar-refractivity contribution in [1.82, 2.24) is 9.55 Å². The van der Waals surface area contributed by atoms with Crippen LogP contribution in [0.25, 0.3) is 11.3 Å². The SMILES string of the molecule is CCOC(=O)CSc1c2c(nc(=O)n1CC1CCCC1)-c1ccccc1CC21CCCC1. The molecule has 2 aromatic rings. The van der Waals surface area contributed by atoms with Gasteiger partial charge in [0.05, 0.1) is 23.1 Å². The summed E-state index contributed by atoms with van der Waals surface area (Å²) in [5.41, 5.74) is 4.30. The zero-order chi connectivity index (χ0) is 22.1. The van der Waals surface area contributed by atoms with Gasteiger partial charge in [-0.05, 0) is 50.5 Å². The fourth-order valence-electron chi connectivity index (χ4n) is 6.14. The minimum Gasteiger partial charge on any atom is -0.465 e. The summed E-state index contributed by atoms with van der Waals surface area (Å²) in [6, 6.07) is 8.41. The molecule has 5 rings (SSSR count). The molecule has 1 aromatic carbocycles. The van der Waals surface area contributed by atoms with Gasteiger partial charge in [0, 0.05) is 23.1 Å². The summed E-state index contributed by atoms with van der Waals surface area (Å²) in [4.78, 5) is 30.4. The summed E-state index contributed by atoms with van der Waals surface area (Å²) in [5.74, 6) is 0.524. The number of ether oxygens (including phenoxy) is 1. The van der Waals surface area contributed by atoms with Gasteiger partial charge in [0.25, 0.3) is 0 Å². The Hall–Kier alpha value is -2.08. The third kappa shape index (κ3) is 3.91. The van der Waals surface area contributed by atoms with Gasteiger partial charge in [-0.25, -0.2) is 4.79 Å². The molecule has 0 bridgehead atoms. The highest BCUT2D eigenvalue weighted by Crippen LogP contribution is 2.53. The van der Waals surface area contributed by atoms with Crippen LogP contribution in [0.5, 0.6) is 0 Å². The van der Waals surface area contributed by atoms with Gasteiger partial charge < -0.3 is 4.74 Å². The Kier molecular flexibility index (Phi) is 6.15. The number of thioether (sulfide) groups is 1. The van der Waals surface area contributed by atoms with Gasteiger partial charge in [-0.3, -0.25) is 9.36 Å². The molecule has 0 aliphatic heterocycles. The van der Waals surface area contributed by atoms with Crippen molar-refractivity contribution < 1.29 is 9.53 Å². The monoisotopic (exact) mass is 452 g/mol. The molecule has 6 heteroatoms. The number of hydrogen-bond acceptors (Lipinski definition) is 5. The number of fused-ring (bicyclic) bond motifs is 4. The van der Waals surface area contributed by atoms with Crippen LogP contribution in [-0.2, 0) is 27.9 Å². The average Bonchev–Trinajstić information content (AvgIpc) is 3.47. The first-order valence-electron chi connectivity index (χ1n) is 12.1. The van der Waals surface area contributed by atoms with Crippen LogP contribution in [-0.4, -0.2) is 27.9 Å². The van der Waals surface area contributed by atoms with Crippen molar-refractivity contribution in [3.63, 3.8) is 0 Å². The second-order valence-electron chi connectivity index (χ2n) is 9.60. The Balaban J connectivity index is 1.68. The Labute approximate surface area is 194 Å². The molecule has 0 unspecified atom stereocenters. The van der Waals surface area contributed by atoms with Gasteiger partial charge in [-0.2, -0.15) is 4.98 Å². The maximum absolute atomic E-state index is 13.4. The van der Waals surface area contributed by atoms with Crippen molar-refractivity contribution in [2.75, 3.05) is 12.4 Å². The number of carbonyl (C=O) groups is 1. The van der Waals surface area contributed by atoms with E-state index in [9.17, 15) is 9.59 Å². The second-order valence-corrected chi connectivity index (χ2v) is 10.6. The largest absolute Gasteiger partial charge is 0.465 e. The van der Waals surface area contributed by atoms with E-state index >= 15 is 0 Å². The number of hydrogen-bond donors (Lipinski definition) is 0. The smallest absolute Gasteiger partial charge is 0.349 e. The van der Waals surface area contributed by atoms with E-state index < -0.39 is 0 Å². The second kappa shape index (κ2) is 9.05. The summed E-state index contributed by atoms with van der Waals surface area (Å²) >= 11 is 1.49. The van der Waals surface area contributed by atoms with Crippen LogP contribution in [0.4, 0.5) is 0 Å². The Morgan fingerprint density at radius 2 is 1.94 bits per heavy atom. The molecular weight excluding hydrogens is 420 g/mol. The summed E-state index contributed by atoms with van der Waals surface area (Å²) in [6.07, 6.45) is 10.4. The highest BCUT2D eigenvalue weighted by molar-refractivity contribution is 8.00. The lowest BCUT2D eigenvalue weighted by molar-refractivity contribution is -0.139. The van der Waals surface area contributed by atoms with Crippen LogP contribution in [0.1, 0.15) is 69.4 Å². The van der Waals surface area contributed by atoms with Crippen LogP contribution >= 0.6 is 11.8 Å². The fourth-order valence-corrected chi connectivity index (χ4v) is 7.24. The van der Waals surface area contributed by atoms with Gasteiger partial charge in [0.1, 0.15) is 0 Å². The van der Waals surface area contributed by atoms with Crippen molar-refractivity contribution in [3.05, 3.63) is 45.9 Å². The lowest BCUT2D eigenvalue weighted by atomic mass is 9.68. The predicted molar refractivity (Wildman–Crippen MR) is 127 cm³/mol. The highest BCUT2D eigenvalue weighted by Gasteiger charge is 2.44. The van der Waals surface area contributed by atoms with Gasteiger partial charge in [0.15, 0.2) is 0 Å². The van der Waals surface area contributed by atoms with Crippen molar-refractivity contribution in [3.8, 4) is 11.3 Å². The standard InChI is InChI=1S/C26H32N2O3S/c1-2-31-21(29)17-32-24-22-23(27-25(30)28(24)16-18-9-3-4-10-18)20-12-6-5-11-19(20)15-26(22)13-7-8-14-26/h5-6,11-12,18H,2-4,7-10,13-17H2,1H3. The van der Waals surface area contributed by atoms with E-state index in [0.717, 1.165) is 35.5 Å². The van der Waals surface area contributed by atoms with E-state index in [1.807, 2.05) is 17.6 Å². The third-order valence-electron chi connectivity index (χ3n) is 7.57. The van der Waals surface area contributed by atoms with Crippen molar-refractivity contribution in [2.24, 2.45) is 5.92 Å². The Morgan fingerprint density at radius 1 is 1.19 bits per heavy atom. The molecule has 1 heterocycles. The van der Waals surface area contributed by atoms with E-state index in [0.29, 0.717) is 19.1 Å². The van der Waals surface area contributed by atoms with Crippen LogP contribution in [0.2, 0.25) is 0 Å². The Bertz CT molecular complexity index is 1070. The molecular formula is C26H32N2O3S.